The number of rotatable bonds is 6. The Kier molecular flexibility index (Phi) is 4.46. The summed E-state index contributed by atoms with van der Waals surface area (Å²) in [6, 6.07) is 11.4. The first-order valence-corrected chi connectivity index (χ1v) is 7.87. The van der Waals surface area contributed by atoms with Crippen molar-refractivity contribution in [3.63, 3.8) is 0 Å². The molecule has 1 saturated carbocycles. The second kappa shape index (κ2) is 6.69. The summed E-state index contributed by atoms with van der Waals surface area (Å²) in [6.45, 7) is 3.84. The highest BCUT2D eigenvalue weighted by atomic mass is 16.5. The summed E-state index contributed by atoms with van der Waals surface area (Å²) < 4.78 is 5.68. The van der Waals surface area contributed by atoms with E-state index in [0.717, 1.165) is 24.1 Å². The van der Waals surface area contributed by atoms with Gasteiger partial charge >= 0.3 is 0 Å². The normalized spacial score (nSPS) is 14.9. The molecule has 5 nitrogen and oxygen atoms in total. The third kappa shape index (κ3) is 4.45. The van der Waals surface area contributed by atoms with Gasteiger partial charge in [0, 0.05) is 24.0 Å². The standard InChI is InChI=1S/C18H21N3O2/c1-12-3-10-17(19-11-12)23-16-8-6-14(7-9-16)20-13(2)18(22)21-15-4-5-15/h3,6-11,13,15,20H,4-5H2,1-2H3,(H,21,22). The van der Waals surface area contributed by atoms with Gasteiger partial charge in [0.15, 0.2) is 0 Å². The summed E-state index contributed by atoms with van der Waals surface area (Å²) >= 11 is 0. The van der Waals surface area contributed by atoms with Crippen molar-refractivity contribution < 1.29 is 9.53 Å². The summed E-state index contributed by atoms with van der Waals surface area (Å²) in [4.78, 5) is 16.1. The van der Waals surface area contributed by atoms with E-state index >= 15 is 0 Å². The van der Waals surface area contributed by atoms with Crippen LogP contribution in [0, 0.1) is 6.92 Å². The molecule has 1 unspecified atom stereocenters. The third-order valence-corrected chi connectivity index (χ3v) is 3.66. The topological polar surface area (TPSA) is 63.2 Å². The Morgan fingerprint density at radius 1 is 1.22 bits per heavy atom. The number of hydrogen-bond donors (Lipinski definition) is 2. The van der Waals surface area contributed by atoms with Gasteiger partial charge in [0.2, 0.25) is 11.8 Å². The van der Waals surface area contributed by atoms with E-state index in [-0.39, 0.29) is 11.9 Å². The maximum absolute atomic E-state index is 11.9. The van der Waals surface area contributed by atoms with Crippen molar-refractivity contribution in [2.24, 2.45) is 0 Å². The van der Waals surface area contributed by atoms with Crippen LogP contribution in [0.4, 0.5) is 5.69 Å². The Balaban J connectivity index is 1.55. The zero-order valence-electron chi connectivity index (χ0n) is 13.4. The van der Waals surface area contributed by atoms with Crippen LogP contribution in [0.1, 0.15) is 25.3 Å². The van der Waals surface area contributed by atoms with Gasteiger partial charge in [-0.3, -0.25) is 4.79 Å². The molecule has 1 aliphatic carbocycles. The van der Waals surface area contributed by atoms with Crippen LogP contribution < -0.4 is 15.4 Å². The molecule has 1 heterocycles. The monoisotopic (exact) mass is 311 g/mol. The highest BCUT2D eigenvalue weighted by Gasteiger charge is 2.25. The third-order valence-electron chi connectivity index (χ3n) is 3.66. The summed E-state index contributed by atoms with van der Waals surface area (Å²) in [5.74, 6) is 1.31. The number of nitrogens with zero attached hydrogens (tertiary/aromatic N) is 1. The average Bonchev–Trinajstić information content (AvgIpc) is 3.35. The van der Waals surface area contributed by atoms with Gasteiger partial charge in [-0.1, -0.05) is 6.07 Å². The number of carbonyl (C=O) groups excluding carboxylic acids is 1. The molecule has 1 amide bonds. The lowest BCUT2D eigenvalue weighted by molar-refractivity contribution is -0.121. The van der Waals surface area contributed by atoms with Crippen LogP contribution in [-0.2, 0) is 4.79 Å². The minimum atomic E-state index is -0.263. The van der Waals surface area contributed by atoms with E-state index in [1.54, 1.807) is 6.20 Å². The number of benzene rings is 1. The SMILES string of the molecule is Cc1ccc(Oc2ccc(NC(C)C(=O)NC3CC3)cc2)nc1. The molecule has 1 atom stereocenters. The van der Waals surface area contributed by atoms with Gasteiger partial charge in [-0.2, -0.15) is 0 Å². The molecule has 0 aliphatic heterocycles. The highest BCUT2D eigenvalue weighted by molar-refractivity contribution is 5.84. The maximum Gasteiger partial charge on any atom is 0.242 e. The van der Waals surface area contributed by atoms with Crippen LogP contribution >= 0.6 is 0 Å². The van der Waals surface area contributed by atoms with E-state index in [1.807, 2.05) is 50.2 Å². The van der Waals surface area contributed by atoms with Crippen LogP contribution in [0.2, 0.25) is 0 Å². The Morgan fingerprint density at radius 3 is 2.57 bits per heavy atom. The summed E-state index contributed by atoms with van der Waals surface area (Å²) in [7, 11) is 0. The lowest BCUT2D eigenvalue weighted by Crippen LogP contribution is -2.38. The molecule has 5 heteroatoms. The first-order chi connectivity index (χ1) is 11.1. The van der Waals surface area contributed by atoms with E-state index in [1.165, 1.54) is 0 Å². The zero-order chi connectivity index (χ0) is 16.2. The van der Waals surface area contributed by atoms with Crippen molar-refractivity contribution in [3.8, 4) is 11.6 Å². The van der Waals surface area contributed by atoms with Gasteiger partial charge in [0.1, 0.15) is 11.8 Å². The molecule has 1 aromatic heterocycles. The number of carbonyl (C=O) groups is 1. The molecule has 1 aliphatic rings. The van der Waals surface area contributed by atoms with Crippen molar-refractivity contribution in [1.82, 2.24) is 10.3 Å². The van der Waals surface area contributed by atoms with Crippen molar-refractivity contribution >= 4 is 11.6 Å². The number of nitrogens with one attached hydrogen (secondary N) is 2. The van der Waals surface area contributed by atoms with Gasteiger partial charge in [-0.05, 0) is 56.5 Å². The van der Waals surface area contributed by atoms with Crippen molar-refractivity contribution in [1.29, 1.82) is 0 Å². The van der Waals surface area contributed by atoms with Gasteiger partial charge in [0.05, 0.1) is 0 Å². The lowest BCUT2D eigenvalue weighted by atomic mass is 10.2. The quantitative estimate of drug-likeness (QED) is 0.859. The highest BCUT2D eigenvalue weighted by Crippen LogP contribution is 2.22. The molecule has 120 valence electrons. The Bertz CT molecular complexity index is 664. The minimum absolute atomic E-state index is 0.0386. The smallest absolute Gasteiger partial charge is 0.242 e. The Hall–Kier alpha value is -2.56. The number of hydrogen-bond acceptors (Lipinski definition) is 4. The number of pyridine rings is 1. The van der Waals surface area contributed by atoms with Gasteiger partial charge in [-0.15, -0.1) is 0 Å². The number of ether oxygens (including phenoxy) is 1. The predicted molar refractivity (Wildman–Crippen MR) is 89.7 cm³/mol. The van der Waals surface area contributed by atoms with Crippen LogP contribution in [0.5, 0.6) is 11.6 Å². The first kappa shape index (κ1) is 15.3. The molecule has 0 radical (unpaired) electrons. The summed E-state index contributed by atoms with van der Waals surface area (Å²) in [6.07, 6.45) is 3.96. The van der Waals surface area contributed by atoms with Crippen molar-refractivity contribution in [2.75, 3.05) is 5.32 Å². The molecule has 1 aromatic carbocycles. The first-order valence-electron chi connectivity index (χ1n) is 7.87. The largest absolute Gasteiger partial charge is 0.439 e. The molecule has 0 bridgehead atoms. The van der Waals surface area contributed by atoms with Gasteiger partial charge < -0.3 is 15.4 Å². The summed E-state index contributed by atoms with van der Waals surface area (Å²) in [5, 5.41) is 6.18. The van der Waals surface area contributed by atoms with Crippen LogP contribution in [-0.4, -0.2) is 23.0 Å². The molecule has 23 heavy (non-hydrogen) atoms. The molecule has 2 aromatic rings. The molecular formula is C18H21N3O2. The fourth-order valence-electron chi connectivity index (χ4n) is 2.12. The number of aryl methyl sites for hydroxylation is 1. The molecule has 2 N–H and O–H groups in total. The van der Waals surface area contributed by atoms with Crippen LogP contribution in [0.25, 0.3) is 0 Å². The Labute approximate surface area is 136 Å². The van der Waals surface area contributed by atoms with E-state index < -0.39 is 0 Å². The summed E-state index contributed by atoms with van der Waals surface area (Å²) in [5.41, 5.74) is 1.98. The fraction of sp³-hybridized carbons (Fsp3) is 0.333. The van der Waals surface area contributed by atoms with E-state index in [0.29, 0.717) is 17.7 Å². The maximum atomic E-state index is 11.9. The molecule has 3 rings (SSSR count). The molecular weight excluding hydrogens is 290 g/mol. The second-order valence-electron chi connectivity index (χ2n) is 5.95. The molecule has 0 saturated heterocycles. The molecule has 0 spiro atoms. The number of anilines is 1. The second-order valence-corrected chi connectivity index (χ2v) is 5.95. The van der Waals surface area contributed by atoms with E-state index in [2.05, 4.69) is 15.6 Å². The number of aromatic nitrogens is 1. The lowest BCUT2D eigenvalue weighted by Gasteiger charge is -2.15. The average molecular weight is 311 g/mol. The fourth-order valence-corrected chi connectivity index (χ4v) is 2.12. The van der Waals surface area contributed by atoms with Crippen LogP contribution in [0.3, 0.4) is 0 Å². The number of amides is 1. The van der Waals surface area contributed by atoms with Gasteiger partial charge in [0.25, 0.3) is 0 Å². The Morgan fingerprint density at radius 2 is 1.96 bits per heavy atom. The van der Waals surface area contributed by atoms with Crippen molar-refractivity contribution in [3.05, 3.63) is 48.2 Å². The van der Waals surface area contributed by atoms with Gasteiger partial charge in [-0.25, -0.2) is 4.98 Å². The zero-order valence-corrected chi connectivity index (χ0v) is 13.4. The van der Waals surface area contributed by atoms with Crippen LogP contribution in [0.15, 0.2) is 42.6 Å². The van der Waals surface area contributed by atoms with E-state index in [9.17, 15) is 4.79 Å². The van der Waals surface area contributed by atoms with E-state index in [4.69, 9.17) is 4.74 Å². The minimum Gasteiger partial charge on any atom is -0.439 e. The van der Waals surface area contributed by atoms with Crippen molar-refractivity contribution in [2.45, 2.75) is 38.8 Å². The molecule has 1 fully saturated rings. The predicted octanol–water partition coefficient (Wildman–Crippen LogP) is 3.26.